The summed E-state index contributed by atoms with van der Waals surface area (Å²) >= 11 is 0. The molecule has 3 heterocycles. The highest BCUT2D eigenvalue weighted by Gasteiger charge is 2.30. The van der Waals surface area contributed by atoms with Crippen molar-refractivity contribution in [1.29, 1.82) is 0 Å². The quantitative estimate of drug-likeness (QED) is 0.884. The van der Waals surface area contributed by atoms with Gasteiger partial charge in [-0.1, -0.05) is 5.16 Å². The lowest BCUT2D eigenvalue weighted by molar-refractivity contribution is 0.271. The Kier molecular flexibility index (Phi) is 3.35. The zero-order chi connectivity index (χ0) is 12.5. The zero-order valence-electron chi connectivity index (χ0n) is 11.2. The van der Waals surface area contributed by atoms with E-state index in [9.17, 15) is 0 Å². The van der Waals surface area contributed by atoms with Crippen LogP contribution in [0.15, 0.2) is 4.52 Å². The predicted octanol–water partition coefficient (Wildman–Crippen LogP) is 1.69. The summed E-state index contributed by atoms with van der Waals surface area (Å²) in [4.78, 5) is 7.08. The summed E-state index contributed by atoms with van der Waals surface area (Å²) in [6, 6.07) is 0.895. The van der Waals surface area contributed by atoms with Gasteiger partial charge in [-0.15, -0.1) is 0 Å². The lowest BCUT2D eigenvalue weighted by Gasteiger charge is -2.19. The van der Waals surface area contributed by atoms with Crippen LogP contribution < -0.4 is 5.32 Å². The first-order valence-corrected chi connectivity index (χ1v) is 7.05. The zero-order valence-corrected chi connectivity index (χ0v) is 11.2. The largest absolute Gasteiger partial charge is 0.338 e. The fraction of sp³-hybridized carbons (Fsp3) is 0.846. The van der Waals surface area contributed by atoms with E-state index in [4.69, 9.17) is 4.52 Å². The molecule has 2 unspecified atom stereocenters. The Labute approximate surface area is 108 Å². The third-order valence-corrected chi connectivity index (χ3v) is 4.13. The monoisotopic (exact) mass is 250 g/mol. The van der Waals surface area contributed by atoms with Crippen molar-refractivity contribution >= 4 is 0 Å². The topological polar surface area (TPSA) is 54.2 Å². The molecular weight excluding hydrogens is 228 g/mol. The summed E-state index contributed by atoms with van der Waals surface area (Å²) in [5, 5.41) is 7.58. The van der Waals surface area contributed by atoms with Crippen LogP contribution in [0, 0.1) is 0 Å². The van der Waals surface area contributed by atoms with Gasteiger partial charge in [0, 0.05) is 18.5 Å². The van der Waals surface area contributed by atoms with E-state index in [0.29, 0.717) is 12.0 Å². The predicted molar refractivity (Wildman–Crippen MR) is 68.3 cm³/mol. The van der Waals surface area contributed by atoms with Crippen molar-refractivity contribution in [1.82, 2.24) is 20.4 Å². The smallest absolute Gasteiger partial charge is 0.243 e. The number of likely N-dealkylation sites (tertiary alicyclic amines) is 1. The third-order valence-electron chi connectivity index (χ3n) is 4.13. The van der Waals surface area contributed by atoms with Gasteiger partial charge in [0.05, 0.1) is 6.04 Å². The molecule has 2 aliphatic heterocycles. The number of nitrogens with zero attached hydrogens (tertiary/aromatic N) is 3. The second kappa shape index (κ2) is 4.97. The molecule has 3 rings (SSSR count). The second-order valence-electron chi connectivity index (χ2n) is 5.71. The fourth-order valence-corrected chi connectivity index (χ4v) is 2.92. The summed E-state index contributed by atoms with van der Waals surface area (Å²) in [7, 11) is 0. The Morgan fingerprint density at radius 3 is 2.94 bits per heavy atom. The molecule has 1 N–H and O–H groups in total. The molecule has 0 saturated carbocycles. The molecule has 0 amide bonds. The van der Waals surface area contributed by atoms with Crippen LogP contribution in [0.25, 0.3) is 0 Å². The first-order valence-electron chi connectivity index (χ1n) is 7.05. The number of aromatic nitrogens is 2. The van der Waals surface area contributed by atoms with Crippen molar-refractivity contribution < 1.29 is 4.52 Å². The van der Waals surface area contributed by atoms with Crippen molar-refractivity contribution in [2.24, 2.45) is 0 Å². The molecule has 2 aliphatic rings. The Morgan fingerprint density at radius 1 is 1.39 bits per heavy atom. The van der Waals surface area contributed by atoms with Gasteiger partial charge in [-0.05, 0) is 46.2 Å². The minimum absolute atomic E-state index is 0.286. The fourth-order valence-electron chi connectivity index (χ4n) is 2.92. The van der Waals surface area contributed by atoms with Crippen molar-refractivity contribution in [2.75, 3.05) is 19.6 Å². The lowest BCUT2D eigenvalue weighted by atomic mass is 10.1. The van der Waals surface area contributed by atoms with Crippen molar-refractivity contribution in [3.8, 4) is 0 Å². The molecule has 5 heteroatoms. The van der Waals surface area contributed by atoms with Crippen LogP contribution in [0.2, 0.25) is 0 Å². The molecule has 1 aromatic heterocycles. The van der Waals surface area contributed by atoms with Gasteiger partial charge in [0.25, 0.3) is 0 Å². The summed E-state index contributed by atoms with van der Waals surface area (Å²) in [5.74, 6) is 2.14. The van der Waals surface area contributed by atoms with E-state index in [2.05, 4.69) is 34.2 Å². The van der Waals surface area contributed by atoms with Gasteiger partial charge in [0.1, 0.15) is 0 Å². The number of nitrogens with one attached hydrogen (secondary N) is 1. The van der Waals surface area contributed by atoms with Crippen LogP contribution in [-0.2, 0) is 0 Å². The average Bonchev–Trinajstić information content (AvgIpc) is 3.10. The first kappa shape index (κ1) is 12.1. The summed E-state index contributed by atoms with van der Waals surface area (Å²) in [5.41, 5.74) is 0. The minimum atomic E-state index is 0.286. The molecule has 0 aliphatic carbocycles. The van der Waals surface area contributed by atoms with Gasteiger partial charge in [-0.3, -0.25) is 0 Å². The SMILES string of the molecule is CC(C)N1CCC(c2noc(C3CCCN3)n2)C1. The Morgan fingerprint density at radius 2 is 2.28 bits per heavy atom. The van der Waals surface area contributed by atoms with Crippen LogP contribution in [0.1, 0.15) is 56.8 Å². The van der Waals surface area contributed by atoms with E-state index in [0.717, 1.165) is 44.2 Å². The van der Waals surface area contributed by atoms with Gasteiger partial charge in [-0.2, -0.15) is 4.98 Å². The number of hydrogen-bond acceptors (Lipinski definition) is 5. The maximum Gasteiger partial charge on any atom is 0.243 e. The number of rotatable bonds is 3. The maximum absolute atomic E-state index is 5.41. The van der Waals surface area contributed by atoms with Crippen LogP contribution >= 0.6 is 0 Å². The molecule has 1 aromatic rings. The Hall–Kier alpha value is -0.940. The van der Waals surface area contributed by atoms with Crippen molar-refractivity contribution in [2.45, 2.75) is 51.1 Å². The normalized spacial score (nSPS) is 29.5. The van der Waals surface area contributed by atoms with E-state index >= 15 is 0 Å². The molecule has 0 radical (unpaired) electrons. The molecule has 18 heavy (non-hydrogen) atoms. The molecule has 5 nitrogen and oxygen atoms in total. The molecule has 2 saturated heterocycles. The van der Waals surface area contributed by atoms with Crippen molar-refractivity contribution in [3.63, 3.8) is 0 Å². The third kappa shape index (κ3) is 2.29. The van der Waals surface area contributed by atoms with Crippen molar-refractivity contribution in [3.05, 3.63) is 11.7 Å². The summed E-state index contributed by atoms with van der Waals surface area (Å²) in [6.07, 6.45) is 3.46. The molecule has 0 aromatic carbocycles. The summed E-state index contributed by atoms with van der Waals surface area (Å²) < 4.78 is 5.41. The minimum Gasteiger partial charge on any atom is -0.338 e. The average molecular weight is 250 g/mol. The van der Waals surface area contributed by atoms with Crippen LogP contribution in [0.5, 0.6) is 0 Å². The highest BCUT2D eigenvalue weighted by Crippen LogP contribution is 2.28. The van der Waals surface area contributed by atoms with E-state index in [1.54, 1.807) is 0 Å². The Bertz CT molecular complexity index is 397. The van der Waals surface area contributed by atoms with Gasteiger partial charge in [0.15, 0.2) is 5.82 Å². The number of hydrogen-bond donors (Lipinski definition) is 1. The molecule has 100 valence electrons. The Balaban J connectivity index is 1.66. The van der Waals surface area contributed by atoms with Gasteiger partial charge < -0.3 is 14.7 Å². The molecule has 2 fully saturated rings. The first-order chi connectivity index (χ1) is 8.74. The van der Waals surface area contributed by atoms with E-state index in [1.165, 1.54) is 6.42 Å². The van der Waals surface area contributed by atoms with Crippen LogP contribution in [0.4, 0.5) is 0 Å². The highest BCUT2D eigenvalue weighted by atomic mass is 16.5. The van der Waals surface area contributed by atoms with E-state index in [1.807, 2.05) is 0 Å². The molecule has 0 spiro atoms. The van der Waals surface area contributed by atoms with Crippen LogP contribution in [-0.4, -0.2) is 40.7 Å². The molecular formula is C13H22N4O. The summed E-state index contributed by atoms with van der Waals surface area (Å²) in [6.45, 7) is 7.76. The highest BCUT2D eigenvalue weighted by molar-refractivity contribution is 5.03. The molecule has 0 bridgehead atoms. The maximum atomic E-state index is 5.41. The van der Waals surface area contributed by atoms with E-state index in [-0.39, 0.29) is 6.04 Å². The van der Waals surface area contributed by atoms with Gasteiger partial charge in [0.2, 0.25) is 5.89 Å². The van der Waals surface area contributed by atoms with Crippen LogP contribution in [0.3, 0.4) is 0 Å². The standard InChI is InChI=1S/C13H22N4O/c1-9(2)17-7-5-10(8-17)12-15-13(18-16-12)11-4-3-6-14-11/h9-11,14H,3-8H2,1-2H3. The van der Waals surface area contributed by atoms with Gasteiger partial charge >= 0.3 is 0 Å². The molecule has 2 atom stereocenters. The lowest BCUT2D eigenvalue weighted by Crippen LogP contribution is -2.28. The van der Waals surface area contributed by atoms with E-state index < -0.39 is 0 Å². The van der Waals surface area contributed by atoms with Gasteiger partial charge in [-0.25, -0.2) is 0 Å². The second-order valence-corrected chi connectivity index (χ2v) is 5.71.